The van der Waals surface area contributed by atoms with Gasteiger partial charge in [-0.25, -0.2) is 4.79 Å². The average molecular weight is 326 g/mol. The Bertz CT molecular complexity index is 750. The number of halogens is 1. The number of hydrogen-bond donors (Lipinski definition) is 1. The molecule has 0 fully saturated rings. The molecular weight excluding hydrogens is 318 g/mol. The zero-order chi connectivity index (χ0) is 14.0. The number of H-pyrrole nitrogens is 1. The second kappa shape index (κ2) is 5.19. The number of aromatic nitrogens is 2. The molecule has 0 atom stereocenters. The summed E-state index contributed by atoms with van der Waals surface area (Å²) in [6.45, 7) is 0.123. The Morgan fingerprint density at radius 1 is 1.32 bits per heavy atom. The predicted octanol–water partition coefficient (Wildman–Crippen LogP) is 1.26. The highest BCUT2D eigenvalue weighted by molar-refractivity contribution is 9.10. The van der Waals surface area contributed by atoms with Crippen LogP contribution < -0.4 is 11.2 Å². The number of nitrogens with zero attached hydrogens (tertiary/aromatic N) is 2. The highest BCUT2D eigenvalue weighted by Crippen LogP contribution is 2.16. The molecular formula is C11H8BrN3O4. The molecule has 8 heteroatoms. The van der Waals surface area contributed by atoms with E-state index in [9.17, 15) is 19.7 Å². The molecule has 19 heavy (non-hydrogen) atoms. The van der Waals surface area contributed by atoms with Crippen molar-refractivity contribution in [2.24, 2.45) is 0 Å². The van der Waals surface area contributed by atoms with Crippen LogP contribution in [0.25, 0.3) is 0 Å². The van der Waals surface area contributed by atoms with Crippen LogP contribution in [-0.4, -0.2) is 14.5 Å². The number of benzene rings is 1. The Morgan fingerprint density at radius 2 is 2.00 bits per heavy atom. The van der Waals surface area contributed by atoms with Gasteiger partial charge >= 0.3 is 16.9 Å². The standard InChI is InChI=1S/C11H8BrN3O4/c12-8-4-2-1-3-7(8)5-14-6-9(15(18)19)10(16)13-11(14)17/h1-4,6H,5H2,(H,13,16,17). The molecule has 98 valence electrons. The van der Waals surface area contributed by atoms with Crippen LogP contribution >= 0.6 is 15.9 Å². The molecule has 1 aromatic heterocycles. The fraction of sp³-hybridized carbons (Fsp3) is 0.0909. The van der Waals surface area contributed by atoms with E-state index in [4.69, 9.17) is 0 Å². The van der Waals surface area contributed by atoms with Gasteiger partial charge in [-0.3, -0.25) is 24.5 Å². The van der Waals surface area contributed by atoms with E-state index in [0.717, 1.165) is 20.8 Å². The van der Waals surface area contributed by atoms with Gasteiger partial charge in [-0.2, -0.15) is 0 Å². The summed E-state index contributed by atoms with van der Waals surface area (Å²) in [6.07, 6.45) is 0.945. The largest absolute Gasteiger partial charge is 0.350 e. The second-order valence-corrected chi connectivity index (χ2v) is 4.60. The fourth-order valence-electron chi connectivity index (χ4n) is 1.56. The number of aromatic amines is 1. The summed E-state index contributed by atoms with van der Waals surface area (Å²) in [5.74, 6) is 0. The topological polar surface area (TPSA) is 98.0 Å². The lowest BCUT2D eigenvalue weighted by atomic mass is 10.2. The Kier molecular flexibility index (Phi) is 3.61. The van der Waals surface area contributed by atoms with Crippen molar-refractivity contribution in [3.8, 4) is 0 Å². The van der Waals surface area contributed by atoms with Crippen molar-refractivity contribution in [1.29, 1.82) is 0 Å². The van der Waals surface area contributed by atoms with Gasteiger partial charge in [-0.15, -0.1) is 0 Å². The van der Waals surface area contributed by atoms with E-state index in [2.05, 4.69) is 15.9 Å². The third-order valence-corrected chi connectivity index (χ3v) is 3.26. The van der Waals surface area contributed by atoms with E-state index in [1.54, 1.807) is 18.2 Å². The molecule has 0 aliphatic carbocycles. The van der Waals surface area contributed by atoms with Crippen LogP contribution in [0.15, 0.2) is 44.5 Å². The van der Waals surface area contributed by atoms with Crippen molar-refractivity contribution in [2.75, 3.05) is 0 Å². The lowest BCUT2D eigenvalue weighted by molar-refractivity contribution is -0.386. The normalized spacial score (nSPS) is 10.4. The molecule has 0 bridgehead atoms. The van der Waals surface area contributed by atoms with Gasteiger partial charge in [-0.1, -0.05) is 34.1 Å². The van der Waals surface area contributed by atoms with E-state index < -0.39 is 21.9 Å². The van der Waals surface area contributed by atoms with E-state index in [1.807, 2.05) is 11.1 Å². The van der Waals surface area contributed by atoms with E-state index in [-0.39, 0.29) is 6.54 Å². The molecule has 0 saturated carbocycles. The number of rotatable bonds is 3. The summed E-state index contributed by atoms with van der Waals surface area (Å²) >= 11 is 3.32. The maximum absolute atomic E-state index is 11.6. The molecule has 0 amide bonds. The minimum Gasteiger partial charge on any atom is -0.289 e. The van der Waals surface area contributed by atoms with Gasteiger partial charge in [0.1, 0.15) is 0 Å². The van der Waals surface area contributed by atoms with E-state index >= 15 is 0 Å². The number of nitrogens with one attached hydrogen (secondary N) is 1. The van der Waals surface area contributed by atoms with Gasteiger partial charge in [0.05, 0.1) is 17.7 Å². The third kappa shape index (κ3) is 2.79. The summed E-state index contributed by atoms with van der Waals surface area (Å²) in [5.41, 5.74) is -1.58. The van der Waals surface area contributed by atoms with Crippen LogP contribution in [0.5, 0.6) is 0 Å². The van der Waals surface area contributed by atoms with Crippen LogP contribution in [-0.2, 0) is 6.54 Å². The van der Waals surface area contributed by atoms with Crippen LogP contribution in [0.3, 0.4) is 0 Å². The molecule has 2 aromatic rings. The fourth-order valence-corrected chi connectivity index (χ4v) is 1.97. The SMILES string of the molecule is O=c1[nH]c(=O)n(Cc2ccccc2Br)cc1[N+](=O)[O-]. The maximum Gasteiger partial charge on any atom is 0.350 e. The quantitative estimate of drug-likeness (QED) is 0.678. The first-order valence-corrected chi connectivity index (χ1v) is 6.00. The summed E-state index contributed by atoms with van der Waals surface area (Å²) in [7, 11) is 0. The number of nitro groups is 1. The van der Waals surface area contributed by atoms with E-state index in [1.165, 1.54) is 0 Å². The molecule has 0 aliphatic heterocycles. The molecule has 0 radical (unpaired) electrons. The van der Waals surface area contributed by atoms with E-state index in [0.29, 0.717) is 0 Å². The molecule has 0 aliphatic rings. The molecule has 1 N–H and O–H groups in total. The second-order valence-electron chi connectivity index (χ2n) is 3.75. The minimum absolute atomic E-state index is 0.123. The first-order valence-electron chi connectivity index (χ1n) is 5.20. The van der Waals surface area contributed by atoms with Gasteiger partial charge in [-0.05, 0) is 11.6 Å². The van der Waals surface area contributed by atoms with Crippen molar-refractivity contribution in [3.63, 3.8) is 0 Å². The third-order valence-electron chi connectivity index (χ3n) is 2.49. The monoisotopic (exact) mass is 325 g/mol. The van der Waals surface area contributed by atoms with Crippen molar-refractivity contribution in [3.05, 3.63) is 71.5 Å². The van der Waals surface area contributed by atoms with Crippen LogP contribution in [0.2, 0.25) is 0 Å². The highest BCUT2D eigenvalue weighted by atomic mass is 79.9. The van der Waals surface area contributed by atoms with Crippen molar-refractivity contribution in [2.45, 2.75) is 6.54 Å². The maximum atomic E-state index is 11.6. The van der Waals surface area contributed by atoms with Crippen molar-refractivity contribution < 1.29 is 4.92 Å². The Morgan fingerprint density at radius 3 is 2.63 bits per heavy atom. The Hall–Kier alpha value is -2.22. The van der Waals surface area contributed by atoms with Crippen molar-refractivity contribution in [1.82, 2.24) is 9.55 Å². The summed E-state index contributed by atoms with van der Waals surface area (Å²) in [4.78, 5) is 34.6. The first kappa shape index (κ1) is 13.2. The van der Waals surface area contributed by atoms with Gasteiger partial charge < -0.3 is 0 Å². The average Bonchev–Trinajstić information content (AvgIpc) is 2.34. The lowest BCUT2D eigenvalue weighted by Gasteiger charge is -2.06. The zero-order valence-corrected chi connectivity index (χ0v) is 11.1. The lowest BCUT2D eigenvalue weighted by Crippen LogP contribution is -2.31. The molecule has 7 nitrogen and oxygen atoms in total. The molecule has 0 saturated heterocycles. The minimum atomic E-state index is -1.00. The van der Waals surface area contributed by atoms with Gasteiger partial charge in [0.2, 0.25) is 0 Å². The highest BCUT2D eigenvalue weighted by Gasteiger charge is 2.15. The summed E-state index contributed by atoms with van der Waals surface area (Å²) < 4.78 is 1.86. The van der Waals surface area contributed by atoms with Crippen LogP contribution in [0.1, 0.15) is 5.56 Å². The smallest absolute Gasteiger partial charge is 0.289 e. The zero-order valence-electron chi connectivity index (χ0n) is 9.50. The van der Waals surface area contributed by atoms with Crippen LogP contribution in [0, 0.1) is 10.1 Å². The molecule has 0 unspecified atom stereocenters. The molecule has 2 rings (SSSR count). The Balaban J connectivity index is 2.49. The summed E-state index contributed by atoms with van der Waals surface area (Å²) in [5, 5.41) is 10.7. The molecule has 1 heterocycles. The summed E-state index contributed by atoms with van der Waals surface area (Å²) in [6, 6.07) is 7.16. The van der Waals surface area contributed by atoms with Gasteiger partial charge in [0, 0.05) is 4.47 Å². The predicted molar refractivity (Wildman–Crippen MR) is 71.2 cm³/mol. The van der Waals surface area contributed by atoms with Gasteiger partial charge in [0.15, 0.2) is 0 Å². The first-order chi connectivity index (χ1) is 8.99. The number of hydrogen-bond acceptors (Lipinski definition) is 4. The Labute approximate surface area is 114 Å². The molecule has 1 aromatic carbocycles. The molecule has 0 spiro atoms. The van der Waals surface area contributed by atoms with Crippen LogP contribution in [0.4, 0.5) is 5.69 Å². The van der Waals surface area contributed by atoms with Crippen molar-refractivity contribution >= 4 is 21.6 Å². The van der Waals surface area contributed by atoms with Gasteiger partial charge in [0.25, 0.3) is 0 Å².